The molecule has 0 aromatic heterocycles. The molecule has 1 atom stereocenters. The van der Waals surface area contributed by atoms with Gasteiger partial charge in [0, 0.05) is 11.6 Å². The highest BCUT2D eigenvalue weighted by Crippen LogP contribution is 2.19. The van der Waals surface area contributed by atoms with Crippen molar-refractivity contribution in [3.05, 3.63) is 29.6 Å². The third-order valence-corrected chi connectivity index (χ3v) is 3.35. The number of carbonyl (C=O) groups excluding carboxylic acids is 1. The lowest BCUT2D eigenvalue weighted by Crippen LogP contribution is -2.35. The van der Waals surface area contributed by atoms with Crippen LogP contribution in [0.3, 0.4) is 0 Å². The van der Waals surface area contributed by atoms with E-state index in [2.05, 4.69) is 5.32 Å². The number of piperidine rings is 1. The maximum absolute atomic E-state index is 13.6. The number of hydrogen-bond donors (Lipinski definition) is 2. The number of hydrogen-bond acceptors (Lipinski definition) is 3. The van der Waals surface area contributed by atoms with E-state index in [1.54, 1.807) is 0 Å². The van der Waals surface area contributed by atoms with Crippen molar-refractivity contribution in [3.63, 3.8) is 0 Å². The number of rotatable bonds is 5. The van der Waals surface area contributed by atoms with Crippen LogP contribution in [0, 0.1) is 5.82 Å². The van der Waals surface area contributed by atoms with Crippen LogP contribution in [-0.2, 0) is 0 Å². The van der Waals surface area contributed by atoms with E-state index >= 15 is 0 Å². The Bertz CT molecular complexity index is 445. The van der Waals surface area contributed by atoms with E-state index in [-0.39, 0.29) is 11.3 Å². The van der Waals surface area contributed by atoms with Crippen molar-refractivity contribution >= 4 is 5.91 Å². The van der Waals surface area contributed by atoms with E-state index < -0.39 is 11.7 Å². The normalized spacial score (nSPS) is 19.1. The lowest BCUT2D eigenvalue weighted by Gasteiger charge is -2.23. The first kappa shape index (κ1) is 13.8. The van der Waals surface area contributed by atoms with Crippen molar-refractivity contribution in [1.82, 2.24) is 5.32 Å². The molecule has 0 radical (unpaired) electrons. The second kappa shape index (κ2) is 6.52. The van der Waals surface area contributed by atoms with Crippen molar-refractivity contribution in [3.8, 4) is 5.75 Å². The van der Waals surface area contributed by atoms with Gasteiger partial charge in [-0.3, -0.25) is 4.79 Å². The topological polar surface area (TPSA) is 64.4 Å². The van der Waals surface area contributed by atoms with Crippen molar-refractivity contribution in [2.24, 2.45) is 5.73 Å². The highest BCUT2D eigenvalue weighted by Gasteiger charge is 2.13. The Morgan fingerprint density at radius 1 is 1.47 bits per heavy atom. The molecule has 0 spiro atoms. The molecule has 1 unspecified atom stereocenters. The second-order valence-electron chi connectivity index (χ2n) is 4.79. The minimum atomic E-state index is -0.642. The first-order valence-electron chi connectivity index (χ1n) is 6.62. The van der Waals surface area contributed by atoms with Crippen LogP contribution in [0.2, 0.25) is 0 Å². The number of primary amides is 1. The van der Waals surface area contributed by atoms with Crippen molar-refractivity contribution in [2.45, 2.75) is 31.7 Å². The zero-order valence-corrected chi connectivity index (χ0v) is 10.8. The fourth-order valence-corrected chi connectivity index (χ4v) is 2.25. The summed E-state index contributed by atoms with van der Waals surface area (Å²) in [5.41, 5.74) is 5.23. The number of nitrogens with one attached hydrogen (secondary N) is 1. The van der Waals surface area contributed by atoms with E-state index in [1.165, 1.54) is 25.0 Å². The molecule has 2 rings (SSSR count). The summed E-state index contributed by atoms with van der Waals surface area (Å²) < 4.78 is 19.0. The van der Waals surface area contributed by atoms with E-state index in [0.717, 1.165) is 25.5 Å². The Morgan fingerprint density at radius 3 is 2.95 bits per heavy atom. The molecule has 0 saturated carbocycles. The summed E-state index contributed by atoms with van der Waals surface area (Å²) in [6, 6.07) is 4.49. The summed E-state index contributed by atoms with van der Waals surface area (Å²) in [5.74, 6) is -1.02. The van der Waals surface area contributed by atoms with Gasteiger partial charge in [0.1, 0.15) is 0 Å². The van der Waals surface area contributed by atoms with Crippen LogP contribution in [0.1, 0.15) is 36.0 Å². The molecule has 1 aliphatic heterocycles. The highest BCUT2D eigenvalue weighted by molar-refractivity contribution is 5.92. The molecule has 1 aliphatic rings. The Morgan fingerprint density at radius 2 is 2.32 bits per heavy atom. The standard InChI is InChI=1S/C14H19FN2O2/c15-12-9-10(14(16)18)4-5-13(12)19-8-6-11-3-1-2-7-17-11/h4-5,9,11,17H,1-3,6-8H2,(H2,16,18). The van der Waals surface area contributed by atoms with Crippen LogP contribution in [0.15, 0.2) is 18.2 Å². The summed E-state index contributed by atoms with van der Waals surface area (Å²) in [7, 11) is 0. The highest BCUT2D eigenvalue weighted by atomic mass is 19.1. The third kappa shape index (κ3) is 3.92. The van der Waals surface area contributed by atoms with Crippen LogP contribution in [0.4, 0.5) is 4.39 Å². The predicted molar refractivity (Wildman–Crippen MR) is 70.7 cm³/mol. The van der Waals surface area contributed by atoms with Gasteiger partial charge in [-0.15, -0.1) is 0 Å². The minimum Gasteiger partial charge on any atom is -0.490 e. The number of halogens is 1. The van der Waals surface area contributed by atoms with Gasteiger partial charge in [-0.25, -0.2) is 4.39 Å². The van der Waals surface area contributed by atoms with Gasteiger partial charge in [0.2, 0.25) is 5.91 Å². The molecular formula is C14H19FN2O2. The second-order valence-corrected chi connectivity index (χ2v) is 4.79. The zero-order valence-electron chi connectivity index (χ0n) is 10.8. The largest absolute Gasteiger partial charge is 0.490 e. The summed E-state index contributed by atoms with van der Waals surface area (Å²) >= 11 is 0. The van der Waals surface area contributed by atoms with E-state index in [9.17, 15) is 9.18 Å². The molecule has 5 heteroatoms. The molecule has 0 aliphatic carbocycles. The van der Waals surface area contributed by atoms with Gasteiger partial charge in [0.15, 0.2) is 11.6 Å². The molecule has 3 N–H and O–H groups in total. The zero-order chi connectivity index (χ0) is 13.7. The molecule has 1 aromatic carbocycles. The van der Waals surface area contributed by atoms with Gasteiger partial charge in [-0.1, -0.05) is 6.42 Å². The average molecular weight is 266 g/mol. The molecule has 19 heavy (non-hydrogen) atoms. The number of ether oxygens (including phenoxy) is 1. The Kier molecular flexibility index (Phi) is 4.74. The lowest BCUT2D eigenvalue weighted by molar-refractivity contribution is 0.1000. The summed E-state index contributed by atoms with van der Waals surface area (Å²) in [5, 5.41) is 3.41. The van der Waals surface area contributed by atoms with Crippen LogP contribution >= 0.6 is 0 Å². The molecule has 0 bridgehead atoms. The number of benzene rings is 1. The monoisotopic (exact) mass is 266 g/mol. The molecule has 1 amide bonds. The van der Waals surface area contributed by atoms with Gasteiger partial charge in [-0.2, -0.15) is 0 Å². The van der Waals surface area contributed by atoms with Crippen LogP contribution < -0.4 is 15.8 Å². The van der Waals surface area contributed by atoms with Crippen molar-refractivity contribution in [2.75, 3.05) is 13.2 Å². The fraction of sp³-hybridized carbons (Fsp3) is 0.500. The number of nitrogens with two attached hydrogens (primary N) is 1. The molecule has 104 valence electrons. The number of carbonyl (C=O) groups is 1. The molecule has 4 nitrogen and oxygen atoms in total. The molecule has 1 saturated heterocycles. The van der Waals surface area contributed by atoms with E-state index in [1.807, 2.05) is 0 Å². The minimum absolute atomic E-state index is 0.152. The van der Waals surface area contributed by atoms with E-state index in [4.69, 9.17) is 10.5 Å². The maximum atomic E-state index is 13.6. The Hall–Kier alpha value is -1.62. The summed E-state index contributed by atoms with van der Waals surface area (Å²) in [6.07, 6.45) is 4.46. The predicted octanol–water partition coefficient (Wildman–Crippen LogP) is 1.84. The fourth-order valence-electron chi connectivity index (χ4n) is 2.25. The van der Waals surface area contributed by atoms with Gasteiger partial charge < -0.3 is 15.8 Å². The SMILES string of the molecule is NC(=O)c1ccc(OCCC2CCCCN2)c(F)c1. The molecular weight excluding hydrogens is 247 g/mol. The molecule has 1 aromatic rings. The van der Waals surface area contributed by atoms with Gasteiger partial charge >= 0.3 is 0 Å². The Labute approximate surface area is 112 Å². The van der Waals surface area contributed by atoms with Gasteiger partial charge in [-0.05, 0) is 44.0 Å². The summed E-state index contributed by atoms with van der Waals surface area (Å²) in [6.45, 7) is 1.51. The Balaban J connectivity index is 1.83. The molecule has 1 fully saturated rings. The van der Waals surface area contributed by atoms with Crippen molar-refractivity contribution < 1.29 is 13.9 Å². The first-order chi connectivity index (χ1) is 9.16. The van der Waals surface area contributed by atoms with Gasteiger partial charge in [0.25, 0.3) is 0 Å². The summed E-state index contributed by atoms with van der Waals surface area (Å²) in [4.78, 5) is 10.9. The maximum Gasteiger partial charge on any atom is 0.248 e. The number of amides is 1. The van der Waals surface area contributed by atoms with Crippen LogP contribution in [0.5, 0.6) is 5.75 Å². The van der Waals surface area contributed by atoms with Crippen LogP contribution in [0.25, 0.3) is 0 Å². The smallest absolute Gasteiger partial charge is 0.248 e. The van der Waals surface area contributed by atoms with Crippen LogP contribution in [-0.4, -0.2) is 25.1 Å². The quantitative estimate of drug-likeness (QED) is 0.854. The van der Waals surface area contributed by atoms with E-state index in [0.29, 0.717) is 12.6 Å². The first-order valence-corrected chi connectivity index (χ1v) is 6.62. The lowest BCUT2D eigenvalue weighted by atomic mass is 10.0. The average Bonchev–Trinajstić information content (AvgIpc) is 2.41. The third-order valence-electron chi connectivity index (χ3n) is 3.35. The molecule has 1 heterocycles. The van der Waals surface area contributed by atoms with Crippen molar-refractivity contribution in [1.29, 1.82) is 0 Å². The van der Waals surface area contributed by atoms with Gasteiger partial charge in [0.05, 0.1) is 6.61 Å².